The van der Waals surface area contributed by atoms with Gasteiger partial charge in [0.05, 0.1) is 11.9 Å². The van der Waals surface area contributed by atoms with E-state index in [1.807, 2.05) is 18.3 Å². The van der Waals surface area contributed by atoms with Crippen LogP contribution in [0.4, 0.5) is 5.69 Å². The summed E-state index contributed by atoms with van der Waals surface area (Å²) < 4.78 is 0. The van der Waals surface area contributed by atoms with E-state index in [1.54, 1.807) is 0 Å². The largest absolute Gasteiger partial charge is 0.370 e. The van der Waals surface area contributed by atoms with Crippen LogP contribution in [0.15, 0.2) is 18.3 Å². The summed E-state index contributed by atoms with van der Waals surface area (Å²) in [5, 5.41) is 8.79. The molecule has 1 aromatic heterocycles. The molecule has 1 atom stereocenters. The zero-order valence-electron chi connectivity index (χ0n) is 12.1. The Morgan fingerprint density at radius 2 is 2.00 bits per heavy atom. The predicted molar refractivity (Wildman–Crippen MR) is 79.6 cm³/mol. The van der Waals surface area contributed by atoms with Crippen LogP contribution in [0.2, 0.25) is 0 Å². The second-order valence-electron chi connectivity index (χ2n) is 5.96. The molecule has 106 valence electrons. The van der Waals surface area contributed by atoms with Crippen molar-refractivity contribution in [1.82, 2.24) is 9.88 Å². The molecular formula is C16H22N4. The molecule has 3 rings (SSSR count). The number of hydrogen-bond acceptors (Lipinski definition) is 4. The van der Waals surface area contributed by atoms with Crippen LogP contribution in [0.1, 0.15) is 38.3 Å². The van der Waals surface area contributed by atoms with Crippen molar-refractivity contribution in [2.45, 2.75) is 44.7 Å². The first kappa shape index (κ1) is 13.4. The Labute approximate surface area is 121 Å². The van der Waals surface area contributed by atoms with E-state index in [2.05, 4.69) is 27.8 Å². The monoisotopic (exact) mass is 270 g/mol. The normalized spacial score (nSPS) is 24.8. The molecule has 0 amide bonds. The van der Waals surface area contributed by atoms with Crippen LogP contribution in [0.3, 0.4) is 0 Å². The third-order valence-corrected chi connectivity index (χ3v) is 4.77. The number of nitriles is 1. The van der Waals surface area contributed by atoms with Crippen LogP contribution >= 0.6 is 0 Å². The second kappa shape index (κ2) is 5.80. The molecular weight excluding hydrogens is 248 g/mol. The molecule has 0 spiro atoms. The third kappa shape index (κ3) is 2.64. The minimum Gasteiger partial charge on any atom is -0.370 e. The first-order valence-electron chi connectivity index (χ1n) is 7.65. The van der Waals surface area contributed by atoms with Gasteiger partial charge in [-0.25, -0.2) is 4.98 Å². The molecule has 2 saturated heterocycles. The van der Waals surface area contributed by atoms with Gasteiger partial charge in [0.2, 0.25) is 0 Å². The summed E-state index contributed by atoms with van der Waals surface area (Å²) in [6.07, 6.45) is 7.03. The van der Waals surface area contributed by atoms with Crippen molar-refractivity contribution in [2.24, 2.45) is 0 Å². The fourth-order valence-corrected chi connectivity index (χ4v) is 3.59. The summed E-state index contributed by atoms with van der Waals surface area (Å²) in [4.78, 5) is 9.26. The van der Waals surface area contributed by atoms with Crippen molar-refractivity contribution in [1.29, 1.82) is 5.26 Å². The molecule has 4 nitrogen and oxygen atoms in total. The van der Waals surface area contributed by atoms with Crippen LogP contribution < -0.4 is 4.90 Å². The molecule has 20 heavy (non-hydrogen) atoms. The van der Waals surface area contributed by atoms with Gasteiger partial charge >= 0.3 is 0 Å². The molecule has 0 radical (unpaired) electrons. The number of likely N-dealkylation sites (tertiary alicyclic amines) is 1. The first-order chi connectivity index (χ1) is 9.78. The Kier molecular flexibility index (Phi) is 3.88. The summed E-state index contributed by atoms with van der Waals surface area (Å²) >= 11 is 0. The standard InChI is InChI=1S/C16H22N4/c1-13-3-2-8-20(13)15-6-9-19(10-7-15)16-5-4-14(11-17)18-12-16/h4-5,12-13,15H,2-3,6-10H2,1H3. The molecule has 2 fully saturated rings. The lowest BCUT2D eigenvalue weighted by atomic mass is 10.0. The van der Waals surface area contributed by atoms with Crippen molar-refractivity contribution >= 4 is 5.69 Å². The van der Waals surface area contributed by atoms with E-state index < -0.39 is 0 Å². The Morgan fingerprint density at radius 1 is 1.20 bits per heavy atom. The van der Waals surface area contributed by atoms with E-state index in [1.165, 1.54) is 32.2 Å². The first-order valence-corrected chi connectivity index (χ1v) is 7.65. The number of piperidine rings is 1. The van der Waals surface area contributed by atoms with E-state index in [9.17, 15) is 0 Å². The summed E-state index contributed by atoms with van der Waals surface area (Å²) in [5.74, 6) is 0. The van der Waals surface area contributed by atoms with E-state index >= 15 is 0 Å². The number of pyridine rings is 1. The summed E-state index contributed by atoms with van der Waals surface area (Å²) in [6.45, 7) is 5.84. The Bertz CT molecular complexity index is 482. The minimum atomic E-state index is 0.495. The van der Waals surface area contributed by atoms with Crippen LogP contribution in [0.25, 0.3) is 0 Å². The van der Waals surface area contributed by atoms with E-state index in [4.69, 9.17) is 5.26 Å². The SMILES string of the molecule is CC1CCCN1C1CCN(c2ccc(C#N)nc2)CC1. The lowest BCUT2D eigenvalue weighted by molar-refractivity contribution is 0.163. The molecule has 0 aliphatic carbocycles. The molecule has 1 unspecified atom stereocenters. The van der Waals surface area contributed by atoms with Gasteiger partial charge in [-0.3, -0.25) is 4.90 Å². The summed E-state index contributed by atoms with van der Waals surface area (Å²) in [7, 11) is 0. The van der Waals surface area contributed by atoms with Crippen molar-refractivity contribution in [3.8, 4) is 6.07 Å². The zero-order valence-corrected chi connectivity index (χ0v) is 12.1. The topological polar surface area (TPSA) is 43.2 Å². The average molecular weight is 270 g/mol. The molecule has 0 bridgehead atoms. The quantitative estimate of drug-likeness (QED) is 0.827. The van der Waals surface area contributed by atoms with Gasteiger partial charge in [-0.05, 0) is 51.3 Å². The van der Waals surface area contributed by atoms with Crippen molar-refractivity contribution < 1.29 is 0 Å². The number of aromatic nitrogens is 1. The summed E-state index contributed by atoms with van der Waals surface area (Å²) in [5.41, 5.74) is 1.64. The predicted octanol–water partition coefficient (Wildman–Crippen LogP) is 2.41. The van der Waals surface area contributed by atoms with E-state index in [-0.39, 0.29) is 0 Å². The maximum absolute atomic E-state index is 8.79. The van der Waals surface area contributed by atoms with Crippen molar-refractivity contribution in [2.75, 3.05) is 24.5 Å². The molecule has 1 aromatic rings. The van der Waals surface area contributed by atoms with Crippen molar-refractivity contribution in [3.63, 3.8) is 0 Å². The number of nitrogens with zero attached hydrogens (tertiary/aromatic N) is 4. The van der Waals surface area contributed by atoms with Gasteiger partial charge in [0.25, 0.3) is 0 Å². The fraction of sp³-hybridized carbons (Fsp3) is 0.625. The van der Waals surface area contributed by atoms with Gasteiger partial charge in [-0.1, -0.05) is 0 Å². The highest BCUT2D eigenvalue weighted by atomic mass is 15.2. The number of anilines is 1. The molecule has 3 heterocycles. The molecule has 0 N–H and O–H groups in total. The lowest BCUT2D eigenvalue weighted by Crippen LogP contribution is -2.46. The van der Waals surface area contributed by atoms with E-state index in [0.717, 1.165) is 30.9 Å². The highest BCUT2D eigenvalue weighted by Crippen LogP contribution is 2.27. The third-order valence-electron chi connectivity index (χ3n) is 4.77. The van der Waals surface area contributed by atoms with E-state index in [0.29, 0.717) is 5.69 Å². The van der Waals surface area contributed by atoms with Gasteiger partial charge in [-0.15, -0.1) is 0 Å². The van der Waals surface area contributed by atoms with Gasteiger partial charge in [0, 0.05) is 25.2 Å². The smallest absolute Gasteiger partial charge is 0.140 e. The van der Waals surface area contributed by atoms with Gasteiger partial charge in [-0.2, -0.15) is 5.26 Å². The fourth-order valence-electron chi connectivity index (χ4n) is 3.59. The molecule has 0 aromatic carbocycles. The molecule has 2 aliphatic rings. The second-order valence-corrected chi connectivity index (χ2v) is 5.96. The highest BCUT2D eigenvalue weighted by Gasteiger charge is 2.30. The Balaban J connectivity index is 1.59. The number of hydrogen-bond donors (Lipinski definition) is 0. The van der Waals surface area contributed by atoms with Crippen molar-refractivity contribution in [3.05, 3.63) is 24.0 Å². The highest BCUT2D eigenvalue weighted by molar-refractivity contribution is 5.46. The van der Waals surface area contributed by atoms with Crippen LogP contribution in [0, 0.1) is 11.3 Å². The Hall–Kier alpha value is -1.60. The molecule has 0 saturated carbocycles. The van der Waals surface area contributed by atoms with Gasteiger partial charge in [0.15, 0.2) is 0 Å². The zero-order chi connectivity index (χ0) is 13.9. The van der Waals surface area contributed by atoms with Crippen LogP contribution in [-0.2, 0) is 0 Å². The average Bonchev–Trinajstić information content (AvgIpc) is 2.94. The Morgan fingerprint density at radius 3 is 2.55 bits per heavy atom. The molecule has 2 aliphatic heterocycles. The summed E-state index contributed by atoms with van der Waals surface area (Å²) in [6, 6.07) is 7.42. The maximum atomic E-state index is 8.79. The van der Waals surface area contributed by atoms with Crippen LogP contribution in [0.5, 0.6) is 0 Å². The van der Waals surface area contributed by atoms with Gasteiger partial charge < -0.3 is 4.90 Å². The number of rotatable bonds is 2. The maximum Gasteiger partial charge on any atom is 0.140 e. The van der Waals surface area contributed by atoms with Crippen LogP contribution in [-0.4, -0.2) is 41.6 Å². The molecule has 4 heteroatoms. The lowest BCUT2D eigenvalue weighted by Gasteiger charge is -2.39. The minimum absolute atomic E-state index is 0.495. The van der Waals surface area contributed by atoms with Gasteiger partial charge in [0.1, 0.15) is 11.8 Å².